The summed E-state index contributed by atoms with van der Waals surface area (Å²) in [5.41, 5.74) is 7.24. The van der Waals surface area contributed by atoms with Crippen LogP contribution in [-0.2, 0) is 6.54 Å². The smallest absolute Gasteiger partial charge is 0.238 e. The normalized spacial score (nSPS) is 10.1. The first-order valence-corrected chi connectivity index (χ1v) is 4.85. The van der Waals surface area contributed by atoms with Crippen LogP contribution in [-0.4, -0.2) is 12.1 Å². The Bertz CT molecular complexity index is 454. The summed E-state index contributed by atoms with van der Waals surface area (Å²) in [7, 11) is 1.54. The number of hydrogen-bond donors (Lipinski definition) is 2. The zero-order chi connectivity index (χ0) is 11.4. The average Bonchev–Trinajstić information content (AvgIpc) is 2.81. The number of hydrogen-bond acceptors (Lipinski definition) is 5. The third-order valence-corrected chi connectivity index (χ3v) is 2.14. The average molecular weight is 219 g/mol. The number of nitrogen functional groups attached to an aromatic ring is 1. The van der Waals surface area contributed by atoms with Gasteiger partial charge in [0.25, 0.3) is 0 Å². The summed E-state index contributed by atoms with van der Waals surface area (Å²) < 4.78 is 9.99. The Balaban J connectivity index is 2.04. The Morgan fingerprint density at radius 3 is 3.00 bits per heavy atom. The van der Waals surface area contributed by atoms with Crippen molar-refractivity contribution in [1.29, 1.82) is 0 Å². The Kier molecular flexibility index (Phi) is 2.95. The number of rotatable bonds is 4. The molecule has 5 nitrogen and oxygen atoms in total. The molecule has 0 bridgehead atoms. The lowest BCUT2D eigenvalue weighted by atomic mass is 10.3. The first kappa shape index (κ1) is 10.4. The van der Waals surface area contributed by atoms with E-state index in [0.717, 1.165) is 5.56 Å². The van der Waals surface area contributed by atoms with E-state index in [4.69, 9.17) is 14.9 Å². The Morgan fingerprint density at radius 1 is 1.44 bits per heavy atom. The lowest BCUT2D eigenvalue weighted by Gasteiger charge is -2.07. The fraction of sp³-hybridized carbons (Fsp3) is 0.182. The first-order chi connectivity index (χ1) is 7.79. The molecule has 0 radical (unpaired) electrons. The third-order valence-electron chi connectivity index (χ3n) is 2.14. The molecule has 0 unspecified atom stereocenters. The predicted molar refractivity (Wildman–Crippen MR) is 61.2 cm³/mol. The van der Waals surface area contributed by atoms with Crippen LogP contribution in [0.1, 0.15) is 5.56 Å². The molecule has 3 N–H and O–H groups in total. The molecule has 0 aliphatic rings. The summed E-state index contributed by atoms with van der Waals surface area (Å²) >= 11 is 0. The zero-order valence-electron chi connectivity index (χ0n) is 8.93. The monoisotopic (exact) mass is 219 g/mol. The number of anilines is 2. The molecule has 2 aromatic rings. The molecule has 2 heterocycles. The van der Waals surface area contributed by atoms with Crippen LogP contribution in [0.15, 0.2) is 35.1 Å². The van der Waals surface area contributed by atoms with Gasteiger partial charge in [-0.15, -0.1) is 0 Å². The molecule has 0 fully saturated rings. The van der Waals surface area contributed by atoms with Crippen molar-refractivity contribution in [2.45, 2.75) is 6.54 Å². The maximum atomic E-state index is 5.66. The van der Waals surface area contributed by atoms with Crippen LogP contribution in [0.2, 0.25) is 0 Å². The molecule has 16 heavy (non-hydrogen) atoms. The van der Waals surface area contributed by atoms with Crippen molar-refractivity contribution in [2.24, 2.45) is 0 Å². The summed E-state index contributed by atoms with van der Waals surface area (Å²) in [6, 6.07) is 5.45. The lowest BCUT2D eigenvalue weighted by molar-refractivity contribution is 0.401. The Hall–Kier alpha value is -2.17. The van der Waals surface area contributed by atoms with Gasteiger partial charge in [0.2, 0.25) is 5.88 Å². The van der Waals surface area contributed by atoms with E-state index in [1.165, 1.54) is 0 Å². The fourth-order valence-corrected chi connectivity index (χ4v) is 1.30. The quantitative estimate of drug-likeness (QED) is 0.821. The van der Waals surface area contributed by atoms with E-state index in [1.807, 2.05) is 6.07 Å². The minimum atomic E-state index is 0.428. The minimum Gasteiger partial charge on any atom is -0.479 e. The van der Waals surface area contributed by atoms with Crippen LogP contribution in [0.5, 0.6) is 5.88 Å². The number of ether oxygens (including phenoxy) is 1. The first-order valence-electron chi connectivity index (χ1n) is 4.85. The molecule has 0 amide bonds. The molecule has 84 valence electrons. The molecule has 0 saturated heterocycles. The van der Waals surface area contributed by atoms with Gasteiger partial charge in [-0.05, 0) is 18.2 Å². The molecule has 5 heteroatoms. The van der Waals surface area contributed by atoms with E-state index in [-0.39, 0.29) is 0 Å². The van der Waals surface area contributed by atoms with Crippen LogP contribution < -0.4 is 15.8 Å². The highest BCUT2D eigenvalue weighted by molar-refractivity contribution is 5.53. The van der Waals surface area contributed by atoms with Crippen molar-refractivity contribution >= 4 is 11.5 Å². The summed E-state index contributed by atoms with van der Waals surface area (Å²) in [5.74, 6) is 1.14. The number of nitrogens with zero attached hydrogens (tertiary/aromatic N) is 1. The van der Waals surface area contributed by atoms with E-state index in [0.29, 0.717) is 23.9 Å². The minimum absolute atomic E-state index is 0.428. The van der Waals surface area contributed by atoms with Gasteiger partial charge in [0.15, 0.2) is 0 Å². The van der Waals surface area contributed by atoms with Gasteiger partial charge in [-0.1, -0.05) is 0 Å². The molecule has 0 aliphatic carbocycles. The van der Waals surface area contributed by atoms with Crippen molar-refractivity contribution in [3.05, 3.63) is 36.3 Å². The van der Waals surface area contributed by atoms with Crippen LogP contribution in [0.25, 0.3) is 0 Å². The Labute approximate surface area is 93.2 Å². The summed E-state index contributed by atoms with van der Waals surface area (Å²) in [6.07, 6.45) is 3.32. The van der Waals surface area contributed by atoms with E-state index in [2.05, 4.69) is 10.3 Å². The largest absolute Gasteiger partial charge is 0.479 e. The standard InChI is InChI=1S/C11H13N3O2/c1-15-11-9(12)2-3-10(14-11)13-6-8-4-5-16-7-8/h2-5,7H,6,12H2,1H3,(H,13,14). The van der Waals surface area contributed by atoms with Gasteiger partial charge in [0.1, 0.15) is 5.82 Å². The van der Waals surface area contributed by atoms with Crippen molar-refractivity contribution in [3.8, 4) is 5.88 Å². The Morgan fingerprint density at radius 2 is 2.31 bits per heavy atom. The van der Waals surface area contributed by atoms with Crippen LogP contribution in [0.3, 0.4) is 0 Å². The van der Waals surface area contributed by atoms with Crippen molar-refractivity contribution in [3.63, 3.8) is 0 Å². The van der Waals surface area contributed by atoms with Gasteiger partial charge < -0.3 is 20.2 Å². The number of nitrogens with two attached hydrogens (primary N) is 1. The lowest BCUT2D eigenvalue weighted by Crippen LogP contribution is -2.02. The van der Waals surface area contributed by atoms with Gasteiger partial charge in [0, 0.05) is 12.1 Å². The summed E-state index contributed by atoms with van der Waals surface area (Å²) in [4.78, 5) is 4.20. The maximum Gasteiger partial charge on any atom is 0.238 e. The van der Waals surface area contributed by atoms with Gasteiger partial charge in [-0.25, -0.2) is 0 Å². The van der Waals surface area contributed by atoms with E-state index < -0.39 is 0 Å². The van der Waals surface area contributed by atoms with Crippen LogP contribution in [0, 0.1) is 0 Å². The van der Waals surface area contributed by atoms with Crippen LogP contribution in [0.4, 0.5) is 11.5 Å². The highest BCUT2D eigenvalue weighted by Crippen LogP contribution is 2.20. The van der Waals surface area contributed by atoms with Gasteiger partial charge in [0.05, 0.1) is 25.3 Å². The van der Waals surface area contributed by atoms with Gasteiger partial charge in [-0.2, -0.15) is 4.98 Å². The van der Waals surface area contributed by atoms with Gasteiger partial charge in [-0.3, -0.25) is 0 Å². The highest BCUT2D eigenvalue weighted by atomic mass is 16.5. The molecule has 0 spiro atoms. The molecule has 0 aliphatic heterocycles. The number of nitrogens with one attached hydrogen (secondary N) is 1. The second-order valence-corrected chi connectivity index (χ2v) is 3.28. The SMILES string of the molecule is COc1nc(NCc2ccoc2)ccc1N. The number of furan rings is 1. The van der Waals surface area contributed by atoms with Crippen LogP contribution >= 0.6 is 0 Å². The molecular weight excluding hydrogens is 206 g/mol. The van der Waals surface area contributed by atoms with Crippen molar-refractivity contribution in [2.75, 3.05) is 18.2 Å². The van der Waals surface area contributed by atoms with E-state index in [9.17, 15) is 0 Å². The summed E-state index contributed by atoms with van der Waals surface area (Å²) in [6.45, 7) is 0.649. The highest BCUT2D eigenvalue weighted by Gasteiger charge is 2.02. The second kappa shape index (κ2) is 4.57. The van der Waals surface area contributed by atoms with E-state index in [1.54, 1.807) is 31.8 Å². The third kappa shape index (κ3) is 2.25. The second-order valence-electron chi connectivity index (χ2n) is 3.28. The molecule has 2 rings (SSSR count). The molecule has 0 aromatic carbocycles. The summed E-state index contributed by atoms with van der Waals surface area (Å²) in [5, 5.41) is 3.14. The maximum absolute atomic E-state index is 5.66. The molecular formula is C11H13N3O2. The number of methoxy groups -OCH3 is 1. The zero-order valence-corrected chi connectivity index (χ0v) is 8.93. The topological polar surface area (TPSA) is 73.3 Å². The molecule has 0 saturated carbocycles. The fourth-order valence-electron chi connectivity index (χ4n) is 1.30. The molecule has 0 atom stereocenters. The van der Waals surface area contributed by atoms with Crippen molar-refractivity contribution in [1.82, 2.24) is 4.98 Å². The molecule has 2 aromatic heterocycles. The number of aromatic nitrogens is 1. The predicted octanol–water partition coefficient (Wildman–Crippen LogP) is 1.88. The van der Waals surface area contributed by atoms with E-state index >= 15 is 0 Å². The number of pyridine rings is 1. The van der Waals surface area contributed by atoms with Gasteiger partial charge >= 0.3 is 0 Å². The van der Waals surface area contributed by atoms with Crippen molar-refractivity contribution < 1.29 is 9.15 Å².